The third-order valence-corrected chi connectivity index (χ3v) is 4.20. The lowest BCUT2D eigenvalue weighted by Gasteiger charge is -2.13. The molecular weight excluding hydrogens is 357 g/mol. The molecule has 2 aromatic carbocycles. The van der Waals surface area contributed by atoms with Gasteiger partial charge in [-0.1, -0.05) is 54.2 Å². The topological polar surface area (TPSA) is 38.3 Å². The lowest BCUT2D eigenvalue weighted by atomic mass is 10.1. The zero-order valence-corrected chi connectivity index (χ0v) is 14.8. The molecule has 0 spiro atoms. The van der Waals surface area contributed by atoms with Gasteiger partial charge in [0.15, 0.2) is 0 Å². The van der Waals surface area contributed by atoms with Crippen LogP contribution < -0.4 is 10.1 Å². The number of rotatable bonds is 6. The van der Waals surface area contributed by atoms with E-state index in [1.165, 1.54) is 0 Å². The minimum absolute atomic E-state index is 0.290. The van der Waals surface area contributed by atoms with Gasteiger partial charge in [0.1, 0.15) is 5.75 Å². The summed E-state index contributed by atoms with van der Waals surface area (Å²) in [5.41, 5.74) is 0.785. The SMILES string of the molecule is CCCCOc1ccc(Cl)cc1C(=O)Nc1cccc(Cl)c1Cl. The number of ether oxygens (including phenoxy) is 1. The molecule has 0 saturated carbocycles. The number of anilines is 1. The summed E-state index contributed by atoms with van der Waals surface area (Å²) in [6.45, 7) is 2.61. The average Bonchev–Trinajstić information content (AvgIpc) is 2.53. The maximum absolute atomic E-state index is 12.5. The van der Waals surface area contributed by atoms with Crippen molar-refractivity contribution in [3.8, 4) is 5.75 Å². The molecule has 23 heavy (non-hydrogen) atoms. The van der Waals surface area contributed by atoms with Gasteiger partial charge in [0.2, 0.25) is 0 Å². The molecule has 0 unspecified atom stereocenters. The van der Waals surface area contributed by atoms with Crippen LogP contribution in [0.15, 0.2) is 36.4 Å². The van der Waals surface area contributed by atoms with Crippen LogP contribution in [-0.2, 0) is 0 Å². The monoisotopic (exact) mass is 371 g/mol. The summed E-state index contributed by atoms with van der Waals surface area (Å²) in [5, 5.41) is 3.85. The summed E-state index contributed by atoms with van der Waals surface area (Å²) in [7, 11) is 0. The van der Waals surface area contributed by atoms with Crippen molar-refractivity contribution in [3.63, 3.8) is 0 Å². The molecule has 6 heteroatoms. The minimum Gasteiger partial charge on any atom is -0.493 e. The molecule has 0 atom stereocenters. The minimum atomic E-state index is -0.358. The second-order valence-corrected chi connectivity index (χ2v) is 6.12. The molecule has 1 N–H and O–H groups in total. The molecule has 0 aromatic heterocycles. The van der Waals surface area contributed by atoms with E-state index in [-0.39, 0.29) is 10.9 Å². The van der Waals surface area contributed by atoms with Crippen molar-refractivity contribution in [1.82, 2.24) is 0 Å². The molecule has 0 fully saturated rings. The van der Waals surface area contributed by atoms with Crippen molar-refractivity contribution >= 4 is 46.4 Å². The highest BCUT2D eigenvalue weighted by atomic mass is 35.5. The van der Waals surface area contributed by atoms with E-state index in [9.17, 15) is 4.79 Å². The average molecular weight is 373 g/mol. The van der Waals surface area contributed by atoms with Crippen molar-refractivity contribution in [3.05, 3.63) is 57.0 Å². The second-order valence-electron chi connectivity index (χ2n) is 4.90. The Morgan fingerprint density at radius 3 is 2.70 bits per heavy atom. The van der Waals surface area contributed by atoms with Crippen LogP contribution >= 0.6 is 34.8 Å². The number of unbranched alkanes of at least 4 members (excludes halogenated alkanes) is 1. The molecule has 0 radical (unpaired) electrons. The van der Waals surface area contributed by atoms with Gasteiger partial charge < -0.3 is 10.1 Å². The first kappa shape index (κ1) is 17.9. The van der Waals surface area contributed by atoms with Crippen molar-refractivity contribution < 1.29 is 9.53 Å². The molecule has 1 amide bonds. The van der Waals surface area contributed by atoms with Gasteiger partial charge in [-0.15, -0.1) is 0 Å². The molecular formula is C17H16Cl3NO2. The molecule has 0 saturated heterocycles. The van der Waals surface area contributed by atoms with Crippen molar-refractivity contribution in [2.75, 3.05) is 11.9 Å². The van der Waals surface area contributed by atoms with Crippen LogP contribution in [0.4, 0.5) is 5.69 Å². The second kappa shape index (κ2) is 8.44. The smallest absolute Gasteiger partial charge is 0.259 e. The maximum Gasteiger partial charge on any atom is 0.259 e. The largest absolute Gasteiger partial charge is 0.493 e. The first-order chi connectivity index (χ1) is 11.0. The highest BCUT2D eigenvalue weighted by molar-refractivity contribution is 6.44. The van der Waals surface area contributed by atoms with E-state index in [0.717, 1.165) is 12.8 Å². The van der Waals surface area contributed by atoms with Gasteiger partial charge in [0, 0.05) is 5.02 Å². The quantitative estimate of drug-likeness (QED) is 0.624. The molecule has 0 aliphatic carbocycles. The number of hydrogen-bond acceptors (Lipinski definition) is 2. The number of halogens is 3. The molecule has 0 bridgehead atoms. The summed E-state index contributed by atoms with van der Waals surface area (Å²) < 4.78 is 5.67. The molecule has 2 aromatic rings. The van der Waals surface area contributed by atoms with E-state index in [1.807, 2.05) is 0 Å². The maximum atomic E-state index is 12.5. The Labute approximate surface area is 150 Å². The normalized spacial score (nSPS) is 10.4. The van der Waals surface area contributed by atoms with Crippen molar-refractivity contribution in [1.29, 1.82) is 0 Å². The first-order valence-corrected chi connectivity index (χ1v) is 8.34. The predicted octanol–water partition coefficient (Wildman–Crippen LogP) is 6.08. The van der Waals surface area contributed by atoms with Crippen LogP contribution in [-0.4, -0.2) is 12.5 Å². The predicted molar refractivity (Wildman–Crippen MR) is 96.3 cm³/mol. The van der Waals surface area contributed by atoms with Crippen LogP contribution in [0.3, 0.4) is 0 Å². The zero-order chi connectivity index (χ0) is 16.8. The van der Waals surface area contributed by atoms with Gasteiger partial charge in [0.05, 0.1) is 27.9 Å². The van der Waals surface area contributed by atoms with E-state index in [4.69, 9.17) is 39.5 Å². The fraction of sp³-hybridized carbons (Fsp3) is 0.235. The van der Waals surface area contributed by atoms with Gasteiger partial charge in [-0.3, -0.25) is 4.79 Å². The lowest BCUT2D eigenvalue weighted by Crippen LogP contribution is -2.14. The Balaban J connectivity index is 2.24. The van der Waals surface area contributed by atoms with Crippen LogP contribution in [0.2, 0.25) is 15.1 Å². The number of carbonyl (C=O) groups excluding carboxylic acids is 1. The summed E-state index contributed by atoms with van der Waals surface area (Å²) in [4.78, 5) is 12.5. The van der Waals surface area contributed by atoms with Gasteiger partial charge in [-0.05, 0) is 36.8 Å². The van der Waals surface area contributed by atoms with E-state index in [2.05, 4.69) is 12.2 Å². The van der Waals surface area contributed by atoms with Crippen LogP contribution in [0.25, 0.3) is 0 Å². The van der Waals surface area contributed by atoms with Crippen molar-refractivity contribution in [2.24, 2.45) is 0 Å². The Bertz CT molecular complexity index is 704. The lowest BCUT2D eigenvalue weighted by molar-refractivity contribution is 0.102. The highest BCUT2D eigenvalue weighted by Gasteiger charge is 2.15. The molecule has 0 heterocycles. The number of hydrogen-bond donors (Lipinski definition) is 1. The van der Waals surface area contributed by atoms with Crippen LogP contribution in [0.1, 0.15) is 30.1 Å². The van der Waals surface area contributed by atoms with Gasteiger partial charge in [0.25, 0.3) is 5.91 Å². The molecule has 3 nitrogen and oxygen atoms in total. The summed E-state index contributed by atoms with van der Waals surface area (Å²) in [6.07, 6.45) is 1.91. The Hall–Kier alpha value is -1.42. The van der Waals surface area contributed by atoms with Gasteiger partial charge >= 0.3 is 0 Å². The zero-order valence-electron chi connectivity index (χ0n) is 12.5. The van der Waals surface area contributed by atoms with Gasteiger partial charge in [-0.25, -0.2) is 0 Å². The first-order valence-electron chi connectivity index (χ1n) is 7.20. The Morgan fingerprint density at radius 2 is 1.96 bits per heavy atom. The fourth-order valence-corrected chi connectivity index (χ4v) is 2.44. The Morgan fingerprint density at radius 1 is 1.17 bits per heavy atom. The number of amides is 1. The summed E-state index contributed by atoms with van der Waals surface area (Å²) >= 11 is 18.0. The summed E-state index contributed by atoms with van der Waals surface area (Å²) in [5.74, 6) is 0.127. The van der Waals surface area contributed by atoms with Crippen molar-refractivity contribution in [2.45, 2.75) is 19.8 Å². The standard InChI is InChI=1S/C17H16Cl3NO2/c1-2-3-9-23-15-8-7-11(18)10-12(15)17(22)21-14-6-4-5-13(19)16(14)20/h4-8,10H,2-3,9H2,1H3,(H,21,22). The van der Waals surface area contributed by atoms with E-state index in [0.29, 0.717) is 33.7 Å². The van der Waals surface area contributed by atoms with Crippen LogP contribution in [0, 0.1) is 0 Å². The molecule has 2 rings (SSSR count). The molecule has 0 aliphatic rings. The summed E-state index contributed by atoms with van der Waals surface area (Å²) in [6, 6.07) is 9.97. The number of nitrogens with one attached hydrogen (secondary N) is 1. The number of benzene rings is 2. The van der Waals surface area contributed by atoms with E-state index in [1.54, 1.807) is 36.4 Å². The van der Waals surface area contributed by atoms with E-state index >= 15 is 0 Å². The highest BCUT2D eigenvalue weighted by Crippen LogP contribution is 2.31. The third-order valence-electron chi connectivity index (χ3n) is 3.14. The van der Waals surface area contributed by atoms with Crippen LogP contribution in [0.5, 0.6) is 5.75 Å². The Kier molecular flexibility index (Phi) is 6.58. The molecule has 0 aliphatic heterocycles. The van der Waals surface area contributed by atoms with E-state index < -0.39 is 0 Å². The number of carbonyl (C=O) groups is 1. The third kappa shape index (κ3) is 4.77. The van der Waals surface area contributed by atoms with Gasteiger partial charge in [-0.2, -0.15) is 0 Å². The fourth-order valence-electron chi connectivity index (χ4n) is 1.92. The molecule has 122 valence electrons.